The van der Waals surface area contributed by atoms with Crippen molar-refractivity contribution in [1.82, 2.24) is 14.9 Å². The Bertz CT molecular complexity index is 874. The Hall–Kier alpha value is -1.90. The first-order valence-corrected chi connectivity index (χ1v) is 9.55. The molecule has 9 heteroatoms. The minimum absolute atomic E-state index is 0.0696. The molecule has 0 unspecified atom stereocenters. The van der Waals surface area contributed by atoms with Crippen molar-refractivity contribution in [3.63, 3.8) is 0 Å². The number of halogens is 4. The molecule has 0 spiro atoms. The van der Waals surface area contributed by atoms with Crippen molar-refractivity contribution in [3.05, 3.63) is 40.7 Å². The maximum absolute atomic E-state index is 13.1. The minimum Gasteiger partial charge on any atom is -0.382 e. The van der Waals surface area contributed by atoms with Crippen LogP contribution in [0, 0.1) is 11.8 Å². The molecular formula is C19H21ClF3N5. The molecule has 4 rings (SSSR count). The summed E-state index contributed by atoms with van der Waals surface area (Å²) >= 11 is 5.98. The van der Waals surface area contributed by atoms with E-state index in [1.807, 2.05) is 0 Å². The molecule has 1 aromatic heterocycles. The lowest BCUT2D eigenvalue weighted by molar-refractivity contribution is -0.137. The number of aromatic nitrogens is 2. The summed E-state index contributed by atoms with van der Waals surface area (Å²) in [6.07, 6.45) is -0.877. The molecule has 2 aromatic rings. The van der Waals surface area contributed by atoms with E-state index in [4.69, 9.17) is 23.1 Å². The number of hydrogen-bond donors (Lipinski definition) is 2. The van der Waals surface area contributed by atoms with Gasteiger partial charge >= 0.3 is 6.18 Å². The molecule has 1 saturated carbocycles. The molecule has 0 radical (unpaired) electrons. The molecule has 0 bridgehead atoms. The largest absolute Gasteiger partial charge is 0.417 e. The van der Waals surface area contributed by atoms with Crippen LogP contribution in [0.5, 0.6) is 0 Å². The highest BCUT2D eigenvalue weighted by atomic mass is 35.5. The van der Waals surface area contributed by atoms with Crippen LogP contribution in [-0.4, -0.2) is 34.0 Å². The number of nitrogens with two attached hydrogens (primary N) is 2. The van der Waals surface area contributed by atoms with Gasteiger partial charge in [0.25, 0.3) is 0 Å². The molecule has 2 fully saturated rings. The summed E-state index contributed by atoms with van der Waals surface area (Å²) in [7, 11) is 0. The van der Waals surface area contributed by atoms with E-state index in [2.05, 4.69) is 14.9 Å². The van der Waals surface area contributed by atoms with E-state index in [0.29, 0.717) is 30.1 Å². The van der Waals surface area contributed by atoms with Crippen molar-refractivity contribution in [1.29, 1.82) is 0 Å². The lowest BCUT2D eigenvalue weighted by atomic mass is 10.0. The van der Waals surface area contributed by atoms with Crippen LogP contribution in [0.4, 0.5) is 19.0 Å². The van der Waals surface area contributed by atoms with Crippen molar-refractivity contribution < 1.29 is 13.2 Å². The average Bonchev–Trinajstić information content (AvgIpc) is 3.11. The second-order valence-corrected chi connectivity index (χ2v) is 8.08. The topological polar surface area (TPSA) is 81.1 Å². The molecule has 1 aromatic carbocycles. The van der Waals surface area contributed by atoms with Crippen molar-refractivity contribution in [3.8, 4) is 11.3 Å². The van der Waals surface area contributed by atoms with Gasteiger partial charge < -0.3 is 11.5 Å². The fourth-order valence-corrected chi connectivity index (χ4v) is 4.78. The Morgan fingerprint density at radius 2 is 1.86 bits per heavy atom. The van der Waals surface area contributed by atoms with E-state index in [1.165, 1.54) is 12.1 Å². The van der Waals surface area contributed by atoms with Gasteiger partial charge in [0.1, 0.15) is 11.5 Å². The predicted octanol–water partition coefficient (Wildman–Crippen LogP) is 3.57. The van der Waals surface area contributed by atoms with Gasteiger partial charge in [-0.2, -0.15) is 13.2 Å². The van der Waals surface area contributed by atoms with E-state index in [1.54, 1.807) is 6.20 Å². The average molecular weight is 412 g/mol. The minimum atomic E-state index is -4.55. The molecule has 4 N–H and O–H groups in total. The van der Waals surface area contributed by atoms with Gasteiger partial charge in [-0.25, -0.2) is 4.98 Å². The zero-order chi connectivity index (χ0) is 20.1. The molecular weight excluding hydrogens is 391 g/mol. The molecule has 3 atom stereocenters. The Kier molecular flexibility index (Phi) is 4.97. The second-order valence-electron chi connectivity index (χ2n) is 7.71. The smallest absolute Gasteiger partial charge is 0.382 e. The summed E-state index contributed by atoms with van der Waals surface area (Å²) in [6, 6.07) is 3.99. The van der Waals surface area contributed by atoms with Gasteiger partial charge in [0.15, 0.2) is 0 Å². The summed E-state index contributed by atoms with van der Waals surface area (Å²) in [5.41, 5.74) is 12.1. The van der Waals surface area contributed by atoms with E-state index in [0.717, 1.165) is 32.0 Å². The molecule has 2 aliphatic rings. The fraction of sp³-hybridized carbons (Fsp3) is 0.474. The zero-order valence-electron chi connectivity index (χ0n) is 15.1. The van der Waals surface area contributed by atoms with Gasteiger partial charge in [-0.05, 0) is 30.7 Å². The second kappa shape index (κ2) is 7.17. The molecule has 0 amide bonds. The summed E-state index contributed by atoms with van der Waals surface area (Å²) in [5, 5.41) is -0.424. The van der Waals surface area contributed by atoms with Gasteiger partial charge in [-0.1, -0.05) is 23.7 Å². The van der Waals surface area contributed by atoms with Gasteiger partial charge in [-0.3, -0.25) is 9.88 Å². The number of likely N-dealkylation sites (tertiary alicyclic amines) is 1. The molecule has 1 aliphatic heterocycles. The van der Waals surface area contributed by atoms with Crippen LogP contribution < -0.4 is 11.5 Å². The highest BCUT2D eigenvalue weighted by molar-refractivity contribution is 6.34. The van der Waals surface area contributed by atoms with Crippen molar-refractivity contribution in [2.24, 2.45) is 17.6 Å². The summed E-state index contributed by atoms with van der Waals surface area (Å²) < 4.78 is 39.3. The van der Waals surface area contributed by atoms with Crippen LogP contribution in [0.1, 0.15) is 24.1 Å². The number of fused-ring (bicyclic) bond motifs is 1. The SMILES string of the molecule is Nc1nc(CN2C[C@H]3C[C@@H](N)C[C@H]3C2)cnc1-c1cccc(C(F)(F)F)c1Cl. The normalized spacial score (nSPS) is 25.2. The summed E-state index contributed by atoms with van der Waals surface area (Å²) in [5.74, 6) is 1.33. The van der Waals surface area contributed by atoms with Crippen LogP contribution in [0.25, 0.3) is 11.3 Å². The maximum Gasteiger partial charge on any atom is 0.417 e. The number of benzene rings is 1. The molecule has 1 aliphatic carbocycles. The molecule has 28 heavy (non-hydrogen) atoms. The van der Waals surface area contributed by atoms with Crippen molar-refractivity contribution in [2.75, 3.05) is 18.8 Å². The van der Waals surface area contributed by atoms with Gasteiger partial charge in [-0.15, -0.1) is 0 Å². The van der Waals surface area contributed by atoms with Crippen LogP contribution in [0.2, 0.25) is 5.02 Å². The summed E-state index contributed by atoms with van der Waals surface area (Å²) in [4.78, 5) is 10.9. The Morgan fingerprint density at radius 3 is 2.46 bits per heavy atom. The van der Waals surface area contributed by atoms with Crippen LogP contribution in [0.15, 0.2) is 24.4 Å². The summed E-state index contributed by atoms with van der Waals surface area (Å²) in [6.45, 7) is 2.55. The standard InChI is InChI=1S/C19H21ClF3N5/c20-16-14(2-1-3-15(16)19(21,22)23)17-18(25)27-13(6-26-17)9-28-7-10-4-12(24)5-11(10)8-28/h1-3,6,10-12H,4-5,7-9,24H2,(H2,25,27)/t10-,11+,12-. The van der Waals surface area contributed by atoms with Crippen molar-refractivity contribution >= 4 is 17.4 Å². The first-order valence-electron chi connectivity index (χ1n) is 9.17. The number of alkyl halides is 3. The molecule has 5 nitrogen and oxygen atoms in total. The van der Waals surface area contributed by atoms with E-state index < -0.39 is 16.8 Å². The van der Waals surface area contributed by atoms with Gasteiger partial charge in [0, 0.05) is 31.2 Å². The van der Waals surface area contributed by atoms with Crippen molar-refractivity contribution in [2.45, 2.75) is 31.6 Å². The third kappa shape index (κ3) is 3.68. The third-order valence-corrected chi connectivity index (χ3v) is 6.06. The molecule has 2 heterocycles. The predicted molar refractivity (Wildman–Crippen MR) is 101 cm³/mol. The lowest BCUT2D eigenvalue weighted by Crippen LogP contribution is -2.25. The number of nitrogens with zero attached hydrogens (tertiary/aromatic N) is 3. The monoisotopic (exact) mass is 411 g/mol. The van der Waals surface area contributed by atoms with E-state index in [9.17, 15) is 13.2 Å². The zero-order valence-corrected chi connectivity index (χ0v) is 15.8. The molecule has 150 valence electrons. The van der Waals surface area contributed by atoms with Crippen LogP contribution in [-0.2, 0) is 12.7 Å². The fourth-order valence-electron chi connectivity index (χ4n) is 4.46. The van der Waals surface area contributed by atoms with Gasteiger partial charge in [0.2, 0.25) is 0 Å². The van der Waals surface area contributed by atoms with Crippen LogP contribution in [0.3, 0.4) is 0 Å². The van der Waals surface area contributed by atoms with E-state index >= 15 is 0 Å². The van der Waals surface area contributed by atoms with Gasteiger partial charge in [0.05, 0.1) is 22.5 Å². The van der Waals surface area contributed by atoms with E-state index in [-0.39, 0.29) is 17.1 Å². The Balaban J connectivity index is 1.53. The first kappa shape index (κ1) is 19.4. The number of hydrogen-bond acceptors (Lipinski definition) is 5. The Morgan fingerprint density at radius 1 is 1.18 bits per heavy atom. The van der Waals surface area contributed by atoms with Crippen LogP contribution >= 0.6 is 11.6 Å². The Labute approximate surface area is 165 Å². The third-order valence-electron chi connectivity index (χ3n) is 5.66. The number of rotatable bonds is 3. The lowest BCUT2D eigenvalue weighted by Gasteiger charge is -2.18. The highest BCUT2D eigenvalue weighted by Crippen LogP contribution is 2.40. The molecule has 1 saturated heterocycles. The number of nitrogen functional groups attached to an aromatic ring is 1. The highest BCUT2D eigenvalue weighted by Gasteiger charge is 2.39. The maximum atomic E-state index is 13.1. The first-order chi connectivity index (χ1) is 13.2. The quantitative estimate of drug-likeness (QED) is 0.807. The number of anilines is 1.